The topological polar surface area (TPSA) is 9.23 Å². The van der Waals surface area contributed by atoms with E-state index in [9.17, 15) is 0 Å². The van der Waals surface area contributed by atoms with E-state index in [-0.39, 0.29) is 5.60 Å². The average molecular weight is 305 g/mol. The highest BCUT2D eigenvalue weighted by molar-refractivity contribution is 5.19. The van der Waals surface area contributed by atoms with Gasteiger partial charge in [0.2, 0.25) is 0 Å². The van der Waals surface area contributed by atoms with Crippen LogP contribution < -0.4 is 0 Å². The first kappa shape index (κ1) is 15.5. The maximum absolute atomic E-state index is 6.22. The molecule has 2 bridgehead atoms. The van der Waals surface area contributed by atoms with Crippen LogP contribution in [0.2, 0.25) is 0 Å². The molecule has 22 heavy (non-hydrogen) atoms. The van der Waals surface area contributed by atoms with E-state index in [0.717, 1.165) is 17.8 Å². The standard InChI is InChI=1S/C21H36O/c1-15-7-6-10-19(4)16(15)8-11-20-13-18(2,3)21(14-20,22-5)12-9-17(19)20/h15-17H,6-14H2,1-5H3/t15-,16?,17?,19+,20+,21-/m0/s1. The van der Waals surface area contributed by atoms with Crippen molar-refractivity contribution in [3.05, 3.63) is 0 Å². The lowest BCUT2D eigenvalue weighted by atomic mass is 9.43. The van der Waals surface area contributed by atoms with E-state index in [0.29, 0.717) is 16.2 Å². The van der Waals surface area contributed by atoms with Crippen LogP contribution in [0.1, 0.15) is 85.5 Å². The smallest absolute Gasteiger partial charge is 0.0735 e. The van der Waals surface area contributed by atoms with Crippen LogP contribution in [0.5, 0.6) is 0 Å². The minimum Gasteiger partial charge on any atom is -0.378 e. The van der Waals surface area contributed by atoms with Gasteiger partial charge < -0.3 is 4.74 Å². The summed E-state index contributed by atoms with van der Waals surface area (Å²) in [6.07, 6.45) is 12.9. The van der Waals surface area contributed by atoms with E-state index in [1.807, 2.05) is 7.11 Å². The van der Waals surface area contributed by atoms with Gasteiger partial charge in [0.05, 0.1) is 5.60 Å². The Hall–Kier alpha value is -0.0400. The van der Waals surface area contributed by atoms with Crippen molar-refractivity contribution in [1.29, 1.82) is 0 Å². The predicted molar refractivity (Wildman–Crippen MR) is 91.8 cm³/mol. The first-order valence-electron chi connectivity index (χ1n) is 9.84. The molecule has 0 aromatic heterocycles. The Morgan fingerprint density at radius 1 is 0.909 bits per heavy atom. The number of methoxy groups -OCH3 is 1. The van der Waals surface area contributed by atoms with Crippen molar-refractivity contribution >= 4 is 0 Å². The number of hydrogen-bond acceptors (Lipinski definition) is 1. The molecule has 1 heteroatoms. The van der Waals surface area contributed by atoms with Crippen LogP contribution in [-0.4, -0.2) is 12.7 Å². The maximum Gasteiger partial charge on any atom is 0.0735 e. The van der Waals surface area contributed by atoms with Crippen molar-refractivity contribution in [2.75, 3.05) is 7.11 Å². The van der Waals surface area contributed by atoms with Crippen molar-refractivity contribution in [2.24, 2.45) is 34.0 Å². The fraction of sp³-hybridized carbons (Fsp3) is 1.00. The third-order valence-electron chi connectivity index (χ3n) is 9.29. The Bertz CT molecular complexity index is 469. The van der Waals surface area contributed by atoms with E-state index in [1.165, 1.54) is 57.8 Å². The first-order chi connectivity index (χ1) is 10.3. The molecule has 4 aliphatic rings. The molecule has 0 heterocycles. The molecule has 1 nitrogen and oxygen atoms in total. The molecule has 2 unspecified atom stereocenters. The van der Waals surface area contributed by atoms with Gasteiger partial charge in [-0.2, -0.15) is 0 Å². The fourth-order valence-electron chi connectivity index (χ4n) is 8.43. The first-order valence-corrected chi connectivity index (χ1v) is 9.84. The zero-order valence-corrected chi connectivity index (χ0v) is 15.5. The van der Waals surface area contributed by atoms with E-state index in [2.05, 4.69) is 27.7 Å². The lowest BCUT2D eigenvalue weighted by molar-refractivity contribution is -0.155. The van der Waals surface area contributed by atoms with Gasteiger partial charge in [-0.25, -0.2) is 0 Å². The van der Waals surface area contributed by atoms with Gasteiger partial charge >= 0.3 is 0 Å². The van der Waals surface area contributed by atoms with Gasteiger partial charge in [-0.05, 0) is 78.9 Å². The summed E-state index contributed by atoms with van der Waals surface area (Å²) < 4.78 is 6.22. The van der Waals surface area contributed by atoms with Crippen molar-refractivity contribution in [3.8, 4) is 0 Å². The van der Waals surface area contributed by atoms with Crippen LogP contribution in [0.15, 0.2) is 0 Å². The third-order valence-corrected chi connectivity index (χ3v) is 9.29. The summed E-state index contributed by atoms with van der Waals surface area (Å²) in [4.78, 5) is 0. The average Bonchev–Trinajstić information content (AvgIpc) is 2.61. The second-order valence-corrected chi connectivity index (χ2v) is 10.4. The molecule has 6 atom stereocenters. The molecule has 4 saturated carbocycles. The fourth-order valence-corrected chi connectivity index (χ4v) is 8.43. The largest absolute Gasteiger partial charge is 0.378 e. The van der Waals surface area contributed by atoms with Crippen LogP contribution in [0, 0.1) is 34.0 Å². The Balaban J connectivity index is 1.74. The normalized spacial score (nSPS) is 56.3. The number of hydrogen-bond donors (Lipinski definition) is 0. The summed E-state index contributed by atoms with van der Waals surface area (Å²) in [5.41, 5.74) is 1.75. The van der Waals surface area contributed by atoms with Crippen molar-refractivity contribution in [2.45, 2.75) is 91.1 Å². The Morgan fingerprint density at radius 3 is 2.41 bits per heavy atom. The van der Waals surface area contributed by atoms with E-state index in [4.69, 9.17) is 4.74 Å². The summed E-state index contributed by atoms with van der Waals surface area (Å²) in [6.45, 7) is 10.2. The van der Waals surface area contributed by atoms with E-state index >= 15 is 0 Å². The monoisotopic (exact) mass is 304 g/mol. The second-order valence-electron chi connectivity index (χ2n) is 10.4. The van der Waals surface area contributed by atoms with Crippen LogP contribution in [0.3, 0.4) is 0 Å². The Morgan fingerprint density at radius 2 is 1.68 bits per heavy atom. The van der Waals surface area contributed by atoms with Gasteiger partial charge in [-0.1, -0.05) is 40.5 Å². The Kier molecular flexibility index (Phi) is 3.18. The highest BCUT2D eigenvalue weighted by Crippen LogP contribution is 2.74. The molecule has 0 amide bonds. The maximum atomic E-state index is 6.22. The van der Waals surface area contributed by atoms with Gasteiger partial charge in [-0.3, -0.25) is 0 Å². The van der Waals surface area contributed by atoms with Crippen LogP contribution in [0.4, 0.5) is 0 Å². The highest BCUT2D eigenvalue weighted by Gasteiger charge is 2.69. The zero-order chi connectivity index (χ0) is 15.8. The molecule has 1 spiro atoms. The minimum absolute atomic E-state index is 0.174. The summed E-state index contributed by atoms with van der Waals surface area (Å²) in [5.74, 6) is 2.92. The molecule has 0 radical (unpaired) electrons. The van der Waals surface area contributed by atoms with E-state index in [1.54, 1.807) is 0 Å². The number of rotatable bonds is 1. The summed E-state index contributed by atoms with van der Waals surface area (Å²) in [6, 6.07) is 0. The highest BCUT2D eigenvalue weighted by atomic mass is 16.5. The van der Waals surface area contributed by atoms with Gasteiger partial charge in [0.1, 0.15) is 0 Å². The number of fused-ring (bicyclic) bond motifs is 3. The summed E-state index contributed by atoms with van der Waals surface area (Å²) in [5, 5.41) is 0. The van der Waals surface area contributed by atoms with Gasteiger partial charge in [0, 0.05) is 7.11 Å². The van der Waals surface area contributed by atoms with Gasteiger partial charge in [0.15, 0.2) is 0 Å². The molecule has 126 valence electrons. The van der Waals surface area contributed by atoms with Crippen LogP contribution >= 0.6 is 0 Å². The van der Waals surface area contributed by atoms with Crippen LogP contribution in [0.25, 0.3) is 0 Å². The van der Waals surface area contributed by atoms with Crippen molar-refractivity contribution in [3.63, 3.8) is 0 Å². The van der Waals surface area contributed by atoms with Crippen molar-refractivity contribution < 1.29 is 4.74 Å². The summed E-state index contributed by atoms with van der Waals surface area (Å²) >= 11 is 0. The molecule has 0 aromatic rings. The second kappa shape index (κ2) is 4.52. The molecular formula is C21H36O. The number of ether oxygens (including phenoxy) is 1. The SMILES string of the molecule is CO[C@]12CCC3[C@](CCC4[C@@H](C)CCC[C@]43C)(CC1(C)C)C2. The van der Waals surface area contributed by atoms with Crippen LogP contribution in [-0.2, 0) is 4.74 Å². The molecule has 0 saturated heterocycles. The molecule has 4 rings (SSSR count). The lowest BCUT2D eigenvalue weighted by Gasteiger charge is -2.62. The molecule has 4 fully saturated rings. The van der Waals surface area contributed by atoms with Crippen molar-refractivity contribution in [1.82, 2.24) is 0 Å². The minimum atomic E-state index is 0.174. The predicted octanol–water partition coefficient (Wildman–Crippen LogP) is 5.82. The molecule has 4 aliphatic carbocycles. The van der Waals surface area contributed by atoms with Gasteiger partial charge in [-0.15, -0.1) is 0 Å². The molecule has 0 aliphatic heterocycles. The molecular weight excluding hydrogens is 268 g/mol. The van der Waals surface area contributed by atoms with E-state index < -0.39 is 0 Å². The molecule has 0 aromatic carbocycles. The quantitative estimate of drug-likeness (QED) is 0.592. The summed E-state index contributed by atoms with van der Waals surface area (Å²) in [7, 11) is 1.98. The Labute approximate surface area is 137 Å². The lowest BCUT2D eigenvalue weighted by Crippen LogP contribution is -2.55. The molecule has 0 N–H and O–H groups in total. The zero-order valence-electron chi connectivity index (χ0n) is 15.5. The van der Waals surface area contributed by atoms with Gasteiger partial charge in [0.25, 0.3) is 0 Å². The third kappa shape index (κ3) is 1.70.